The first kappa shape index (κ1) is 10.0. The van der Waals surface area contributed by atoms with E-state index in [0.29, 0.717) is 6.04 Å². The second kappa shape index (κ2) is 4.83. The van der Waals surface area contributed by atoms with Crippen LogP contribution in [0.2, 0.25) is 0 Å². The highest BCUT2D eigenvalue weighted by Crippen LogP contribution is 2.10. The van der Waals surface area contributed by atoms with Crippen LogP contribution in [0.4, 0.5) is 0 Å². The Morgan fingerprint density at radius 3 is 2.25 bits per heavy atom. The molecular formula is C10H22N2. The fourth-order valence-corrected chi connectivity index (χ4v) is 1.88. The molecule has 72 valence electrons. The number of likely N-dealkylation sites (N-methyl/N-ethyl adjacent to an activating group) is 1. The van der Waals surface area contributed by atoms with E-state index in [-0.39, 0.29) is 0 Å². The summed E-state index contributed by atoms with van der Waals surface area (Å²) in [5.74, 6) is 0.746. The first-order valence-corrected chi connectivity index (χ1v) is 5.13. The van der Waals surface area contributed by atoms with Gasteiger partial charge in [0.05, 0.1) is 0 Å². The zero-order valence-electron chi connectivity index (χ0n) is 8.64. The molecule has 1 aliphatic rings. The maximum atomic E-state index is 3.39. The van der Waals surface area contributed by atoms with Gasteiger partial charge in [0.1, 0.15) is 0 Å². The molecular weight excluding hydrogens is 148 g/mol. The van der Waals surface area contributed by atoms with Gasteiger partial charge >= 0.3 is 0 Å². The first-order chi connectivity index (χ1) is 5.74. The van der Waals surface area contributed by atoms with Gasteiger partial charge in [-0.15, -0.1) is 0 Å². The fraction of sp³-hybridized carbons (Fsp3) is 1.00. The zero-order chi connectivity index (χ0) is 8.97. The van der Waals surface area contributed by atoms with Crippen molar-refractivity contribution in [2.45, 2.75) is 32.7 Å². The lowest BCUT2D eigenvalue weighted by molar-refractivity contribution is 0.263. The molecule has 1 heterocycles. The van der Waals surface area contributed by atoms with E-state index in [4.69, 9.17) is 0 Å². The molecule has 0 saturated carbocycles. The summed E-state index contributed by atoms with van der Waals surface area (Å²) in [4.78, 5) is 2.57. The molecule has 0 radical (unpaired) electrons. The predicted octanol–water partition coefficient (Wildman–Crippen LogP) is 1.33. The molecule has 0 aliphatic carbocycles. The van der Waals surface area contributed by atoms with E-state index in [2.05, 4.69) is 31.1 Å². The van der Waals surface area contributed by atoms with Gasteiger partial charge in [-0.05, 0) is 38.9 Å². The van der Waals surface area contributed by atoms with E-state index in [1.807, 2.05) is 0 Å². The average molecular weight is 170 g/mol. The monoisotopic (exact) mass is 170 g/mol. The Hall–Kier alpha value is -0.0800. The summed E-state index contributed by atoms with van der Waals surface area (Å²) in [6.45, 7) is 8.43. The lowest BCUT2D eigenvalue weighted by atomic mass is 10.0. The first-order valence-electron chi connectivity index (χ1n) is 5.13. The Balaban J connectivity index is 2.26. The van der Waals surface area contributed by atoms with Crippen molar-refractivity contribution in [1.29, 1.82) is 0 Å². The Labute approximate surface area is 76.3 Å². The van der Waals surface area contributed by atoms with Crippen LogP contribution in [-0.2, 0) is 0 Å². The molecule has 0 aromatic heterocycles. The van der Waals surface area contributed by atoms with E-state index >= 15 is 0 Å². The van der Waals surface area contributed by atoms with Gasteiger partial charge in [0.25, 0.3) is 0 Å². The second-order valence-corrected chi connectivity index (χ2v) is 4.15. The molecule has 1 rings (SSSR count). The summed E-state index contributed by atoms with van der Waals surface area (Å²) in [6, 6.07) is 0.670. The normalized spacial score (nSPS) is 22.0. The van der Waals surface area contributed by atoms with E-state index in [0.717, 1.165) is 5.92 Å². The minimum Gasteiger partial charge on any atom is -0.315 e. The molecule has 0 aromatic carbocycles. The third kappa shape index (κ3) is 2.76. The van der Waals surface area contributed by atoms with Crippen LogP contribution in [0.1, 0.15) is 26.7 Å². The van der Waals surface area contributed by atoms with Crippen molar-refractivity contribution >= 4 is 0 Å². The molecule has 2 heteroatoms. The van der Waals surface area contributed by atoms with Crippen LogP contribution >= 0.6 is 0 Å². The number of hydrogen-bond acceptors (Lipinski definition) is 2. The molecule has 2 nitrogen and oxygen atoms in total. The van der Waals surface area contributed by atoms with E-state index in [1.54, 1.807) is 0 Å². The standard InChI is InChI=1S/C10H22N2/c1-9(2)10(11-3)8-12-6-4-5-7-12/h9-11H,4-8H2,1-3H3. The quantitative estimate of drug-likeness (QED) is 0.684. The summed E-state index contributed by atoms with van der Waals surface area (Å²) in [5.41, 5.74) is 0. The minimum absolute atomic E-state index is 0.670. The number of nitrogens with zero attached hydrogens (tertiary/aromatic N) is 1. The molecule has 0 amide bonds. The Morgan fingerprint density at radius 2 is 1.83 bits per heavy atom. The van der Waals surface area contributed by atoms with Crippen molar-refractivity contribution in [3.8, 4) is 0 Å². The molecule has 0 bridgehead atoms. The van der Waals surface area contributed by atoms with E-state index in [1.165, 1.54) is 32.5 Å². The molecule has 0 aromatic rings. The third-order valence-corrected chi connectivity index (χ3v) is 2.83. The molecule has 1 N–H and O–H groups in total. The van der Waals surface area contributed by atoms with Gasteiger partial charge in [0.2, 0.25) is 0 Å². The summed E-state index contributed by atoms with van der Waals surface area (Å²) in [5, 5.41) is 3.39. The van der Waals surface area contributed by atoms with Crippen LogP contribution in [0.5, 0.6) is 0 Å². The second-order valence-electron chi connectivity index (χ2n) is 4.15. The van der Waals surface area contributed by atoms with E-state index < -0.39 is 0 Å². The number of nitrogens with one attached hydrogen (secondary N) is 1. The van der Waals surface area contributed by atoms with Crippen LogP contribution in [0.3, 0.4) is 0 Å². The number of rotatable bonds is 4. The van der Waals surface area contributed by atoms with Crippen LogP contribution in [0.15, 0.2) is 0 Å². The zero-order valence-corrected chi connectivity index (χ0v) is 8.64. The van der Waals surface area contributed by atoms with Crippen LogP contribution in [-0.4, -0.2) is 37.6 Å². The van der Waals surface area contributed by atoms with E-state index in [9.17, 15) is 0 Å². The van der Waals surface area contributed by atoms with Gasteiger partial charge < -0.3 is 10.2 Å². The topological polar surface area (TPSA) is 15.3 Å². The predicted molar refractivity (Wildman–Crippen MR) is 53.4 cm³/mol. The average Bonchev–Trinajstić information content (AvgIpc) is 2.51. The minimum atomic E-state index is 0.670. The molecule has 1 saturated heterocycles. The lowest BCUT2D eigenvalue weighted by Crippen LogP contribution is -2.41. The summed E-state index contributed by atoms with van der Waals surface area (Å²) in [6.07, 6.45) is 2.79. The molecule has 12 heavy (non-hydrogen) atoms. The van der Waals surface area contributed by atoms with Gasteiger partial charge in [-0.3, -0.25) is 0 Å². The molecule has 1 unspecified atom stereocenters. The maximum Gasteiger partial charge on any atom is 0.0214 e. The largest absolute Gasteiger partial charge is 0.315 e. The van der Waals surface area contributed by atoms with Crippen molar-refractivity contribution < 1.29 is 0 Å². The van der Waals surface area contributed by atoms with Crippen molar-refractivity contribution in [1.82, 2.24) is 10.2 Å². The SMILES string of the molecule is CNC(CN1CCCC1)C(C)C. The van der Waals surface area contributed by atoms with Crippen molar-refractivity contribution in [2.75, 3.05) is 26.7 Å². The van der Waals surface area contributed by atoms with Gasteiger partial charge in [-0.2, -0.15) is 0 Å². The molecule has 1 fully saturated rings. The van der Waals surface area contributed by atoms with Crippen molar-refractivity contribution in [3.05, 3.63) is 0 Å². The Morgan fingerprint density at radius 1 is 1.25 bits per heavy atom. The highest BCUT2D eigenvalue weighted by Gasteiger charge is 2.18. The maximum absolute atomic E-state index is 3.39. The Kier molecular flexibility index (Phi) is 4.02. The van der Waals surface area contributed by atoms with Gasteiger partial charge in [0.15, 0.2) is 0 Å². The molecule has 1 atom stereocenters. The van der Waals surface area contributed by atoms with Crippen molar-refractivity contribution in [2.24, 2.45) is 5.92 Å². The molecule has 0 spiro atoms. The lowest BCUT2D eigenvalue weighted by Gasteiger charge is -2.25. The van der Waals surface area contributed by atoms with Crippen LogP contribution < -0.4 is 5.32 Å². The van der Waals surface area contributed by atoms with Crippen molar-refractivity contribution in [3.63, 3.8) is 0 Å². The summed E-state index contributed by atoms with van der Waals surface area (Å²) < 4.78 is 0. The highest BCUT2D eigenvalue weighted by atomic mass is 15.2. The van der Waals surface area contributed by atoms with Crippen LogP contribution in [0, 0.1) is 5.92 Å². The third-order valence-electron chi connectivity index (χ3n) is 2.83. The van der Waals surface area contributed by atoms with Gasteiger partial charge in [0, 0.05) is 12.6 Å². The fourth-order valence-electron chi connectivity index (χ4n) is 1.88. The van der Waals surface area contributed by atoms with Crippen LogP contribution in [0.25, 0.3) is 0 Å². The Bertz CT molecular complexity index is 117. The number of likely N-dealkylation sites (tertiary alicyclic amines) is 1. The summed E-state index contributed by atoms with van der Waals surface area (Å²) >= 11 is 0. The van der Waals surface area contributed by atoms with Gasteiger partial charge in [-0.1, -0.05) is 13.8 Å². The van der Waals surface area contributed by atoms with Gasteiger partial charge in [-0.25, -0.2) is 0 Å². The molecule has 1 aliphatic heterocycles. The highest BCUT2D eigenvalue weighted by molar-refractivity contribution is 4.76. The summed E-state index contributed by atoms with van der Waals surface area (Å²) in [7, 11) is 2.07. The smallest absolute Gasteiger partial charge is 0.0214 e. The number of hydrogen-bond donors (Lipinski definition) is 1.